The standard InChI is InChI=1S/C17H16Cl2N2O3/c1-11-3-2-4-16(20-11)24-13-8-21(9-13)17(22)10-23-15-6-5-12(18)7-14(15)19/h2-7,13H,8-10H2,1H3. The molecule has 0 bridgehead atoms. The minimum absolute atomic E-state index is 0.0395. The van der Waals surface area contributed by atoms with Crippen LogP contribution in [-0.4, -0.2) is 41.6 Å². The number of likely N-dealkylation sites (tertiary alicyclic amines) is 1. The molecule has 1 saturated heterocycles. The highest BCUT2D eigenvalue weighted by Gasteiger charge is 2.32. The van der Waals surface area contributed by atoms with Gasteiger partial charge in [0.25, 0.3) is 5.91 Å². The summed E-state index contributed by atoms with van der Waals surface area (Å²) in [5.41, 5.74) is 0.896. The van der Waals surface area contributed by atoms with Crippen LogP contribution in [0.3, 0.4) is 0 Å². The molecule has 0 N–H and O–H groups in total. The van der Waals surface area contributed by atoms with Crippen LogP contribution in [0.1, 0.15) is 5.69 Å². The number of pyridine rings is 1. The van der Waals surface area contributed by atoms with Gasteiger partial charge < -0.3 is 14.4 Å². The minimum Gasteiger partial charge on any atom is -0.482 e. The smallest absolute Gasteiger partial charge is 0.260 e. The number of carbonyl (C=O) groups excluding carboxylic acids is 1. The van der Waals surface area contributed by atoms with Gasteiger partial charge in [0.2, 0.25) is 5.88 Å². The Kier molecular flexibility index (Phi) is 5.11. The summed E-state index contributed by atoms with van der Waals surface area (Å²) < 4.78 is 11.2. The number of amides is 1. The van der Waals surface area contributed by atoms with Gasteiger partial charge in [0, 0.05) is 16.8 Å². The molecule has 1 aliphatic heterocycles. The fourth-order valence-electron chi connectivity index (χ4n) is 2.29. The molecular formula is C17H16Cl2N2O3. The lowest BCUT2D eigenvalue weighted by atomic mass is 10.1. The maximum absolute atomic E-state index is 12.1. The number of nitrogens with zero attached hydrogens (tertiary/aromatic N) is 2. The summed E-state index contributed by atoms with van der Waals surface area (Å²) in [6.07, 6.45) is -0.0395. The van der Waals surface area contributed by atoms with Crippen LogP contribution in [0.5, 0.6) is 11.6 Å². The van der Waals surface area contributed by atoms with E-state index in [1.165, 1.54) is 0 Å². The first-order valence-electron chi connectivity index (χ1n) is 7.47. The Morgan fingerprint density at radius 2 is 2.08 bits per heavy atom. The second kappa shape index (κ2) is 7.28. The molecule has 0 spiro atoms. The van der Waals surface area contributed by atoms with Crippen LogP contribution < -0.4 is 9.47 Å². The topological polar surface area (TPSA) is 51.7 Å². The molecule has 1 aromatic heterocycles. The molecule has 1 aliphatic rings. The lowest BCUT2D eigenvalue weighted by molar-refractivity contribution is -0.142. The Hall–Kier alpha value is -1.98. The normalized spacial score (nSPS) is 14.2. The van der Waals surface area contributed by atoms with Crippen molar-refractivity contribution in [2.24, 2.45) is 0 Å². The molecule has 0 radical (unpaired) electrons. The predicted octanol–water partition coefficient (Wildman–Crippen LogP) is 3.37. The summed E-state index contributed by atoms with van der Waals surface area (Å²) in [5, 5.41) is 0.900. The van der Waals surface area contributed by atoms with Crippen molar-refractivity contribution in [3.63, 3.8) is 0 Å². The van der Waals surface area contributed by atoms with Gasteiger partial charge in [-0.05, 0) is 31.2 Å². The Labute approximate surface area is 150 Å². The Morgan fingerprint density at radius 1 is 1.29 bits per heavy atom. The van der Waals surface area contributed by atoms with E-state index in [2.05, 4.69) is 4.98 Å². The van der Waals surface area contributed by atoms with E-state index in [1.807, 2.05) is 25.1 Å². The number of hydrogen-bond acceptors (Lipinski definition) is 4. The molecule has 0 unspecified atom stereocenters. The van der Waals surface area contributed by atoms with E-state index in [-0.39, 0.29) is 18.6 Å². The fourth-order valence-corrected chi connectivity index (χ4v) is 2.76. The SMILES string of the molecule is Cc1cccc(OC2CN(C(=O)COc3ccc(Cl)cc3Cl)C2)n1. The third-order valence-electron chi connectivity index (χ3n) is 3.60. The number of aryl methyl sites for hydroxylation is 1. The molecule has 1 amide bonds. The van der Waals surface area contributed by atoms with Crippen LogP contribution in [0.4, 0.5) is 0 Å². The second-order valence-corrected chi connectivity index (χ2v) is 6.36. The van der Waals surface area contributed by atoms with Crippen molar-refractivity contribution in [3.05, 3.63) is 52.1 Å². The average molecular weight is 367 g/mol. The third-order valence-corrected chi connectivity index (χ3v) is 4.13. The van der Waals surface area contributed by atoms with Gasteiger partial charge >= 0.3 is 0 Å². The van der Waals surface area contributed by atoms with Gasteiger partial charge in [-0.3, -0.25) is 4.79 Å². The van der Waals surface area contributed by atoms with E-state index in [1.54, 1.807) is 23.1 Å². The van der Waals surface area contributed by atoms with E-state index >= 15 is 0 Å². The summed E-state index contributed by atoms with van der Waals surface area (Å²) >= 11 is 11.8. The van der Waals surface area contributed by atoms with E-state index in [9.17, 15) is 4.79 Å². The Balaban J connectivity index is 1.45. The minimum atomic E-state index is -0.113. The Morgan fingerprint density at radius 3 is 2.79 bits per heavy atom. The summed E-state index contributed by atoms with van der Waals surface area (Å²) in [4.78, 5) is 18.0. The van der Waals surface area contributed by atoms with Crippen molar-refractivity contribution >= 4 is 29.1 Å². The van der Waals surface area contributed by atoms with Crippen molar-refractivity contribution < 1.29 is 14.3 Å². The highest BCUT2D eigenvalue weighted by Crippen LogP contribution is 2.27. The molecule has 24 heavy (non-hydrogen) atoms. The van der Waals surface area contributed by atoms with Crippen molar-refractivity contribution in [1.29, 1.82) is 0 Å². The molecule has 1 aromatic carbocycles. The number of aromatic nitrogens is 1. The maximum atomic E-state index is 12.1. The zero-order chi connectivity index (χ0) is 17.1. The van der Waals surface area contributed by atoms with Gasteiger partial charge in [0.1, 0.15) is 11.9 Å². The van der Waals surface area contributed by atoms with Gasteiger partial charge in [-0.15, -0.1) is 0 Å². The van der Waals surface area contributed by atoms with E-state index < -0.39 is 0 Å². The summed E-state index contributed by atoms with van der Waals surface area (Å²) in [7, 11) is 0. The molecule has 7 heteroatoms. The quantitative estimate of drug-likeness (QED) is 0.813. The molecule has 126 valence electrons. The highest BCUT2D eigenvalue weighted by molar-refractivity contribution is 6.35. The molecule has 1 fully saturated rings. The van der Waals surface area contributed by atoms with Crippen LogP contribution in [-0.2, 0) is 4.79 Å². The summed E-state index contributed by atoms with van der Waals surface area (Å²) in [5.74, 6) is 0.904. The van der Waals surface area contributed by atoms with Crippen LogP contribution in [0.2, 0.25) is 10.0 Å². The fraction of sp³-hybridized carbons (Fsp3) is 0.294. The van der Waals surface area contributed by atoms with E-state index in [0.717, 1.165) is 5.69 Å². The summed E-state index contributed by atoms with van der Waals surface area (Å²) in [6, 6.07) is 10.5. The lowest BCUT2D eigenvalue weighted by Gasteiger charge is -2.38. The zero-order valence-electron chi connectivity index (χ0n) is 13.0. The van der Waals surface area contributed by atoms with Gasteiger partial charge in [0.15, 0.2) is 6.61 Å². The van der Waals surface area contributed by atoms with Gasteiger partial charge in [0.05, 0.1) is 18.1 Å². The largest absolute Gasteiger partial charge is 0.482 e. The zero-order valence-corrected chi connectivity index (χ0v) is 14.5. The van der Waals surface area contributed by atoms with Crippen molar-refractivity contribution in [2.75, 3.05) is 19.7 Å². The van der Waals surface area contributed by atoms with Gasteiger partial charge in [-0.25, -0.2) is 4.98 Å². The number of benzene rings is 1. The van der Waals surface area contributed by atoms with Crippen molar-refractivity contribution in [1.82, 2.24) is 9.88 Å². The van der Waals surface area contributed by atoms with Crippen molar-refractivity contribution in [2.45, 2.75) is 13.0 Å². The molecule has 2 heterocycles. The number of ether oxygens (including phenoxy) is 2. The van der Waals surface area contributed by atoms with Crippen LogP contribution >= 0.6 is 23.2 Å². The maximum Gasteiger partial charge on any atom is 0.260 e. The predicted molar refractivity (Wildman–Crippen MR) is 91.9 cm³/mol. The molecule has 5 nitrogen and oxygen atoms in total. The van der Waals surface area contributed by atoms with Crippen LogP contribution in [0, 0.1) is 6.92 Å². The molecule has 2 aromatic rings. The van der Waals surface area contributed by atoms with Gasteiger partial charge in [-0.1, -0.05) is 29.3 Å². The monoisotopic (exact) mass is 366 g/mol. The second-order valence-electron chi connectivity index (χ2n) is 5.52. The molecule has 3 rings (SSSR count). The third kappa shape index (κ3) is 4.10. The van der Waals surface area contributed by atoms with Crippen molar-refractivity contribution in [3.8, 4) is 11.6 Å². The van der Waals surface area contributed by atoms with Crippen LogP contribution in [0.15, 0.2) is 36.4 Å². The first-order chi connectivity index (χ1) is 11.5. The lowest BCUT2D eigenvalue weighted by Crippen LogP contribution is -2.57. The molecule has 0 atom stereocenters. The number of hydrogen-bond donors (Lipinski definition) is 0. The summed E-state index contributed by atoms with van der Waals surface area (Å²) in [6.45, 7) is 2.87. The first kappa shape index (κ1) is 16.9. The number of carbonyl (C=O) groups is 1. The number of rotatable bonds is 5. The Bertz CT molecular complexity index is 748. The molecular weight excluding hydrogens is 351 g/mol. The van der Waals surface area contributed by atoms with Crippen LogP contribution in [0.25, 0.3) is 0 Å². The number of halogens is 2. The molecule has 0 saturated carbocycles. The van der Waals surface area contributed by atoms with Gasteiger partial charge in [-0.2, -0.15) is 0 Å². The highest BCUT2D eigenvalue weighted by atomic mass is 35.5. The average Bonchev–Trinajstić information content (AvgIpc) is 2.49. The first-order valence-corrected chi connectivity index (χ1v) is 8.23. The molecule has 0 aliphatic carbocycles. The van der Waals surface area contributed by atoms with E-state index in [4.69, 9.17) is 32.7 Å². The van der Waals surface area contributed by atoms with E-state index in [0.29, 0.717) is 34.8 Å².